The largest absolute Gasteiger partial charge is 0.383 e. The van der Waals surface area contributed by atoms with Crippen LogP contribution in [0.1, 0.15) is 12.8 Å². The molecule has 0 saturated carbocycles. The van der Waals surface area contributed by atoms with Crippen LogP contribution in [0.25, 0.3) is 10.9 Å². The number of nitrogens with zero attached hydrogens (tertiary/aromatic N) is 3. The van der Waals surface area contributed by atoms with Gasteiger partial charge in [-0.25, -0.2) is 0 Å². The number of aromatic nitrogens is 2. The van der Waals surface area contributed by atoms with E-state index in [-0.39, 0.29) is 0 Å². The molecule has 4 nitrogen and oxygen atoms in total. The molecule has 0 spiro atoms. The van der Waals surface area contributed by atoms with Crippen LogP contribution in [0.5, 0.6) is 0 Å². The quantitative estimate of drug-likeness (QED) is 0.915. The summed E-state index contributed by atoms with van der Waals surface area (Å²) in [6.07, 6.45) is 4.45. The Bertz CT molecular complexity index is 549. The lowest BCUT2D eigenvalue weighted by atomic mass is 9.98. The number of nitrogens with one attached hydrogen (secondary N) is 1. The summed E-state index contributed by atoms with van der Waals surface area (Å²) in [5.74, 6) is 0.727. The van der Waals surface area contributed by atoms with E-state index in [9.17, 15) is 0 Å². The van der Waals surface area contributed by atoms with E-state index in [1.807, 2.05) is 24.4 Å². The molecule has 19 heavy (non-hydrogen) atoms. The molecule has 4 heteroatoms. The van der Waals surface area contributed by atoms with E-state index in [0.29, 0.717) is 0 Å². The van der Waals surface area contributed by atoms with Gasteiger partial charge in [-0.05, 0) is 38.4 Å². The summed E-state index contributed by atoms with van der Waals surface area (Å²) < 4.78 is 0. The summed E-state index contributed by atoms with van der Waals surface area (Å²) in [7, 11) is 2.20. The highest BCUT2D eigenvalue weighted by Crippen LogP contribution is 2.21. The predicted molar refractivity (Wildman–Crippen MR) is 78.2 cm³/mol. The predicted octanol–water partition coefficient (Wildman–Crippen LogP) is 2.38. The van der Waals surface area contributed by atoms with Gasteiger partial charge < -0.3 is 10.2 Å². The number of likely N-dealkylation sites (tertiary alicyclic amines) is 1. The summed E-state index contributed by atoms with van der Waals surface area (Å²) in [6, 6.07) is 8.14. The molecule has 1 aromatic carbocycles. The molecule has 0 bridgehead atoms. The molecular formula is C15H20N4. The summed E-state index contributed by atoms with van der Waals surface area (Å²) in [5, 5.41) is 12.9. The average Bonchev–Trinajstić information content (AvgIpc) is 2.45. The first kappa shape index (κ1) is 12.4. The molecule has 2 heterocycles. The van der Waals surface area contributed by atoms with Crippen molar-refractivity contribution in [1.82, 2.24) is 15.1 Å². The minimum atomic E-state index is 0.727. The van der Waals surface area contributed by atoms with Crippen LogP contribution < -0.4 is 5.32 Å². The number of rotatable bonds is 3. The average molecular weight is 256 g/mol. The fourth-order valence-electron chi connectivity index (χ4n) is 2.84. The van der Waals surface area contributed by atoms with Gasteiger partial charge in [0, 0.05) is 18.5 Å². The summed E-state index contributed by atoms with van der Waals surface area (Å²) in [5.41, 5.74) is 2.05. The van der Waals surface area contributed by atoms with Crippen molar-refractivity contribution in [2.45, 2.75) is 12.8 Å². The van der Waals surface area contributed by atoms with Crippen LogP contribution in [-0.4, -0.2) is 41.8 Å². The van der Waals surface area contributed by atoms with Crippen molar-refractivity contribution in [3.05, 3.63) is 30.5 Å². The molecule has 100 valence electrons. The number of fused-ring (bicyclic) bond motifs is 1. The van der Waals surface area contributed by atoms with Crippen molar-refractivity contribution in [2.75, 3.05) is 32.0 Å². The summed E-state index contributed by atoms with van der Waals surface area (Å²) in [6.45, 7) is 3.43. The van der Waals surface area contributed by atoms with Gasteiger partial charge in [0.2, 0.25) is 0 Å². The van der Waals surface area contributed by atoms with E-state index < -0.39 is 0 Å². The van der Waals surface area contributed by atoms with Crippen molar-refractivity contribution < 1.29 is 0 Å². The van der Waals surface area contributed by atoms with Crippen molar-refractivity contribution in [3.63, 3.8) is 0 Å². The maximum atomic E-state index is 4.15. The molecular weight excluding hydrogens is 236 g/mol. The third-order valence-electron chi connectivity index (χ3n) is 3.85. The van der Waals surface area contributed by atoms with Crippen LogP contribution in [-0.2, 0) is 0 Å². The van der Waals surface area contributed by atoms with Gasteiger partial charge in [0.05, 0.1) is 17.4 Å². The Labute approximate surface area is 113 Å². The Morgan fingerprint density at radius 2 is 2.26 bits per heavy atom. The topological polar surface area (TPSA) is 41.0 Å². The molecule has 1 aliphatic heterocycles. The maximum absolute atomic E-state index is 4.15. The smallest absolute Gasteiger partial charge is 0.0950 e. The summed E-state index contributed by atoms with van der Waals surface area (Å²) in [4.78, 5) is 2.42. The second-order valence-electron chi connectivity index (χ2n) is 5.43. The van der Waals surface area contributed by atoms with Gasteiger partial charge in [-0.3, -0.25) is 0 Å². The van der Waals surface area contributed by atoms with Crippen LogP contribution in [0, 0.1) is 5.92 Å². The third-order valence-corrected chi connectivity index (χ3v) is 3.85. The molecule has 1 unspecified atom stereocenters. The second-order valence-corrected chi connectivity index (χ2v) is 5.43. The molecule has 1 N–H and O–H groups in total. The molecule has 1 atom stereocenters. The van der Waals surface area contributed by atoms with Crippen LogP contribution in [0.2, 0.25) is 0 Å². The normalized spacial score (nSPS) is 20.6. The zero-order valence-electron chi connectivity index (χ0n) is 11.3. The Morgan fingerprint density at radius 1 is 1.37 bits per heavy atom. The first-order valence-corrected chi connectivity index (χ1v) is 6.96. The Hall–Kier alpha value is -1.68. The lowest BCUT2D eigenvalue weighted by Crippen LogP contribution is -2.35. The Kier molecular flexibility index (Phi) is 3.60. The van der Waals surface area contributed by atoms with Gasteiger partial charge in [-0.15, -0.1) is 0 Å². The molecule has 2 aromatic rings. The van der Waals surface area contributed by atoms with E-state index >= 15 is 0 Å². The van der Waals surface area contributed by atoms with Gasteiger partial charge in [0.25, 0.3) is 0 Å². The SMILES string of the molecule is CN1CCCC(CNc2cnnc3ccccc23)C1. The number of benzene rings is 1. The molecule has 3 rings (SSSR count). The van der Waals surface area contributed by atoms with E-state index in [1.165, 1.54) is 25.9 Å². The van der Waals surface area contributed by atoms with Crippen molar-refractivity contribution in [3.8, 4) is 0 Å². The highest BCUT2D eigenvalue weighted by molar-refractivity contribution is 5.90. The minimum Gasteiger partial charge on any atom is -0.383 e. The van der Waals surface area contributed by atoms with Crippen LogP contribution in [0.3, 0.4) is 0 Å². The fraction of sp³-hybridized carbons (Fsp3) is 0.467. The molecule has 1 aromatic heterocycles. The zero-order valence-corrected chi connectivity index (χ0v) is 11.3. The molecule has 0 radical (unpaired) electrons. The van der Waals surface area contributed by atoms with Gasteiger partial charge in [0.15, 0.2) is 0 Å². The number of piperidine rings is 1. The van der Waals surface area contributed by atoms with Gasteiger partial charge in [-0.1, -0.05) is 18.2 Å². The minimum absolute atomic E-state index is 0.727. The Morgan fingerprint density at radius 3 is 3.16 bits per heavy atom. The van der Waals surface area contributed by atoms with E-state index in [0.717, 1.165) is 29.1 Å². The molecule has 1 aliphatic rings. The van der Waals surface area contributed by atoms with Crippen LogP contribution >= 0.6 is 0 Å². The first-order valence-electron chi connectivity index (χ1n) is 6.96. The highest BCUT2D eigenvalue weighted by Gasteiger charge is 2.17. The number of anilines is 1. The van der Waals surface area contributed by atoms with Crippen molar-refractivity contribution >= 4 is 16.6 Å². The van der Waals surface area contributed by atoms with Crippen LogP contribution in [0.15, 0.2) is 30.5 Å². The van der Waals surface area contributed by atoms with E-state index in [2.05, 4.69) is 33.5 Å². The summed E-state index contributed by atoms with van der Waals surface area (Å²) >= 11 is 0. The lowest BCUT2D eigenvalue weighted by molar-refractivity contribution is 0.217. The number of hydrogen-bond donors (Lipinski definition) is 1. The van der Waals surface area contributed by atoms with E-state index in [4.69, 9.17) is 0 Å². The zero-order chi connectivity index (χ0) is 13.1. The number of hydrogen-bond acceptors (Lipinski definition) is 4. The monoisotopic (exact) mass is 256 g/mol. The first-order chi connectivity index (χ1) is 9.33. The second kappa shape index (κ2) is 5.53. The highest BCUT2D eigenvalue weighted by atomic mass is 15.1. The molecule has 1 fully saturated rings. The standard InChI is InChI=1S/C15H20N4/c1-19-8-4-5-12(11-19)9-16-15-10-17-18-14-7-3-2-6-13(14)15/h2-3,6-7,10,12H,4-5,8-9,11H2,1H3,(H,16,18). The Balaban J connectivity index is 1.71. The molecule has 1 saturated heterocycles. The fourth-order valence-corrected chi connectivity index (χ4v) is 2.84. The molecule has 0 aliphatic carbocycles. The molecule has 0 amide bonds. The third kappa shape index (κ3) is 2.84. The van der Waals surface area contributed by atoms with Gasteiger partial charge in [-0.2, -0.15) is 10.2 Å². The maximum Gasteiger partial charge on any atom is 0.0950 e. The van der Waals surface area contributed by atoms with Gasteiger partial charge in [0.1, 0.15) is 0 Å². The van der Waals surface area contributed by atoms with E-state index in [1.54, 1.807) is 0 Å². The lowest BCUT2D eigenvalue weighted by Gasteiger charge is -2.30. The van der Waals surface area contributed by atoms with Crippen molar-refractivity contribution in [1.29, 1.82) is 0 Å². The van der Waals surface area contributed by atoms with Gasteiger partial charge >= 0.3 is 0 Å². The van der Waals surface area contributed by atoms with Crippen molar-refractivity contribution in [2.24, 2.45) is 5.92 Å². The van der Waals surface area contributed by atoms with Crippen LogP contribution in [0.4, 0.5) is 5.69 Å².